The summed E-state index contributed by atoms with van der Waals surface area (Å²) in [5, 5.41) is 1.22. The first-order valence-corrected chi connectivity index (χ1v) is 7.45. The molecule has 0 bridgehead atoms. The third-order valence-corrected chi connectivity index (χ3v) is 4.62. The molecule has 0 saturated carbocycles. The lowest BCUT2D eigenvalue weighted by Crippen LogP contribution is -2.23. The van der Waals surface area contributed by atoms with Crippen molar-refractivity contribution in [2.24, 2.45) is 0 Å². The fourth-order valence-corrected chi connectivity index (χ4v) is 3.51. The highest BCUT2D eigenvalue weighted by molar-refractivity contribution is 5.83. The summed E-state index contributed by atoms with van der Waals surface area (Å²) in [6, 6.07) is 16.6. The van der Waals surface area contributed by atoms with E-state index in [4.69, 9.17) is 9.15 Å². The molecule has 21 heavy (non-hydrogen) atoms. The maximum absolute atomic E-state index is 5.99. The predicted molar refractivity (Wildman–Crippen MR) is 84.0 cm³/mol. The molecular formula is C19H18O2. The summed E-state index contributed by atoms with van der Waals surface area (Å²) < 4.78 is 11.9. The van der Waals surface area contributed by atoms with E-state index in [0.29, 0.717) is 18.4 Å². The first-order chi connectivity index (χ1) is 10.3. The van der Waals surface area contributed by atoms with Crippen LogP contribution < -0.4 is 4.74 Å². The number of fused-ring (bicyclic) bond motifs is 2. The van der Waals surface area contributed by atoms with Gasteiger partial charge in [-0.15, -0.1) is 0 Å². The van der Waals surface area contributed by atoms with Gasteiger partial charge in [-0.2, -0.15) is 0 Å². The maximum Gasteiger partial charge on any atom is 0.134 e. The molecule has 2 atom stereocenters. The number of rotatable bonds is 1. The molecule has 0 saturated heterocycles. The maximum atomic E-state index is 5.99. The van der Waals surface area contributed by atoms with Gasteiger partial charge in [0.05, 0.1) is 6.61 Å². The smallest absolute Gasteiger partial charge is 0.134 e. The second kappa shape index (κ2) is 4.66. The lowest BCUT2D eigenvalue weighted by atomic mass is 9.80. The average Bonchev–Trinajstić information content (AvgIpc) is 2.84. The molecule has 2 aromatic carbocycles. The summed E-state index contributed by atoms with van der Waals surface area (Å²) in [5.74, 6) is 2.79. The van der Waals surface area contributed by atoms with Crippen LogP contribution in [0.4, 0.5) is 0 Å². The molecule has 0 amide bonds. The number of para-hydroxylation sites is 2. The van der Waals surface area contributed by atoms with Crippen LogP contribution in [-0.4, -0.2) is 6.61 Å². The van der Waals surface area contributed by atoms with Crippen LogP contribution in [-0.2, 0) is 0 Å². The monoisotopic (exact) mass is 278 g/mol. The molecule has 1 aromatic heterocycles. The minimum atomic E-state index is 0.337. The van der Waals surface area contributed by atoms with Gasteiger partial charge >= 0.3 is 0 Å². The molecule has 106 valence electrons. The zero-order valence-electron chi connectivity index (χ0n) is 12.3. The van der Waals surface area contributed by atoms with Crippen molar-refractivity contribution in [1.29, 1.82) is 0 Å². The van der Waals surface area contributed by atoms with Gasteiger partial charge in [0.15, 0.2) is 0 Å². The Hall–Kier alpha value is -2.22. The van der Waals surface area contributed by atoms with E-state index in [9.17, 15) is 0 Å². The molecule has 3 aromatic rings. The van der Waals surface area contributed by atoms with Crippen molar-refractivity contribution in [1.82, 2.24) is 0 Å². The van der Waals surface area contributed by atoms with E-state index in [-0.39, 0.29) is 0 Å². The van der Waals surface area contributed by atoms with Crippen molar-refractivity contribution in [3.63, 3.8) is 0 Å². The third-order valence-electron chi connectivity index (χ3n) is 4.62. The van der Waals surface area contributed by atoms with E-state index in [0.717, 1.165) is 17.1 Å². The number of hydrogen-bond acceptors (Lipinski definition) is 2. The highest BCUT2D eigenvalue weighted by Gasteiger charge is 2.32. The molecule has 0 radical (unpaired) electrons. The van der Waals surface area contributed by atoms with Crippen molar-refractivity contribution in [2.45, 2.75) is 25.7 Å². The molecule has 0 spiro atoms. The fourth-order valence-electron chi connectivity index (χ4n) is 3.51. The molecule has 4 rings (SSSR count). The van der Waals surface area contributed by atoms with Crippen LogP contribution in [0.1, 0.15) is 35.6 Å². The van der Waals surface area contributed by atoms with Gasteiger partial charge < -0.3 is 9.15 Å². The Balaban J connectivity index is 1.85. The summed E-state index contributed by atoms with van der Waals surface area (Å²) >= 11 is 0. The lowest BCUT2D eigenvalue weighted by molar-refractivity contribution is 0.243. The molecular weight excluding hydrogens is 260 g/mol. The topological polar surface area (TPSA) is 22.4 Å². The van der Waals surface area contributed by atoms with Crippen LogP contribution in [0.3, 0.4) is 0 Å². The van der Waals surface area contributed by atoms with Gasteiger partial charge in [0.1, 0.15) is 17.1 Å². The van der Waals surface area contributed by atoms with E-state index in [1.165, 1.54) is 16.5 Å². The van der Waals surface area contributed by atoms with Crippen molar-refractivity contribution >= 4 is 11.0 Å². The van der Waals surface area contributed by atoms with Gasteiger partial charge in [0.25, 0.3) is 0 Å². The highest BCUT2D eigenvalue weighted by atomic mass is 16.5. The minimum absolute atomic E-state index is 0.337. The second-order valence-electron chi connectivity index (χ2n) is 5.81. The van der Waals surface area contributed by atoms with E-state index in [1.54, 1.807) is 0 Å². The Morgan fingerprint density at radius 3 is 2.67 bits per heavy atom. The number of aryl methyl sites for hydroxylation is 1. The van der Waals surface area contributed by atoms with E-state index < -0.39 is 0 Å². The van der Waals surface area contributed by atoms with Crippen LogP contribution in [0.25, 0.3) is 11.0 Å². The quantitative estimate of drug-likeness (QED) is 0.623. The number of hydrogen-bond donors (Lipinski definition) is 0. The number of furan rings is 1. The molecule has 0 aliphatic carbocycles. The van der Waals surface area contributed by atoms with Crippen molar-refractivity contribution < 1.29 is 9.15 Å². The summed E-state index contributed by atoms with van der Waals surface area (Å²) in [5.41, 5.74) is 3.56. The second-order valence-corrected chi connectivity index (χ2v) is 5.81. The standard InChI is InChI=1S/C19H18O2/c1-12-14-7-3-5-9-17(14)20-11-16(12)19-13(2)21-18-10-6-4-8-15(18)19/h3-10,12,16H,11H2,1-2H3/t12-,16?/m1/s1. The Kier molecular flexibility index (Phi) is 2.78. The highest BCUT2D eigenvalue weighted by Crippen LogP contribution is 2.45. The average molecular weight is 278 g/mol. The first-order valence-electron chi connectivity index (χ1n) is 7.45. The molecule has 1 aliphatic heterocycles. The number of benzene rings is 2. The van der Waals surface area contributed by atoms with Gasteiger partial charge in [0.2, 0.25) is 0 Å². The zero-order chi connectivity index (χ0) is 14.4. The first kappa shape index (κ1) is 12.5. The Morgan fingerprint density at radius 1 is 1.00 bits per heavy atom. The lowest BCUT2D eigenvalue weighted by Gasteiger charge is -2.31. The molecule has 2 nitrogen and oxygen atoms in total. The normalized spacial score (nSPS) is 21.0. The Morgan fingerprint density at radius 2 is 1.76 bits per heavy atom. The van der Waals surface area contributed by atoms with Gasteiger partial charge in [-0.05, 0) is 30.5 Å². The van der Waals surface area contributed by atoms with Crippen LogP contribution in [0.15, 0.2) is 52.9 Å². The molecule has 1 unspecified atom stereocenters. The molecule has 0 fully saturated rings. The van der Waals surface area contributed by atoms with Crippen LogP contribution >= 0.6 is 0 Å². The largest absolute Gasteiger partial charge is 0.493 e. The molecule has 0 N–H and O–H groups in total. The molecule has 2 heterocycles. The fraction of sp³-hybridized carbons (Fsp3) is 0.263. The summed E-state index contributed by atoms with van der Waals surface area (Å²) in [6.07, 6.45) is 0. The zero-order valence-corrected chi connectivity index (χ0v) is 12.3. The van der Waals surface area contributed by atoms with Crippen LogP contribution in [0, 0.1) is 6.92 Å². The van der Waals surface area contributed by atoms with E-state index >= 15 is 0 Å². The van der Waals surface area contributed by atoms with E-state index in [2.05, 4.69) is 44.2 Å². The predicted octanol–water partition coefficient (Wildman–Crippen LogP) is 5.02. The summed E-state index contributed by atoms with van der Waals surface area (Å²) in [7, 11) is 0. The van der Waals surface area contributed by atoms with Gasteiger partial charge in [-0.1, -0.05) is 43.3 Å². The minimum Gasteiger partial charge on any atom is -0.493 e. The van der Waals surface area contributed by atoms with Gasteiger partial charge in [-0.25, -0.2) is 0 Å². The summed E-state index contributed by atoms with van der Waals surface area (Å²) in [6.45, 7) is 5.05. The third kappa shape index (κ3) is 1.86. The van der Waals surface area contributed by atoms with Crippen molar-refractivity contribution in [3.05, 3.63) is 65.4 Å². The van der Waals surface area contributed by atoms with Gasteiger partial charge in [-0.3, -0.25) is 0 Å². The molecule has 2 heteroatoms. The Bertz CT molecular complexity index is 800. The van der Waals surface area contributed by atoms with Crippen molar-refractivity contribution in [2.75, 3.05) is 6.61 Å². The van der Waals surface area contributed by atoms with Crippen molar-refractivity contribution in [3.8, 4) is 5.75 Å². The molecule has 1 aliphatic rings. The Labute approximate surface area is 124 Å². The summed E-state index contributed by atoms with van der Waals surface area (Å²) in [4.78, 5) is 0. The van der Waals surface area contributed by atoms with Crippen LogP contribution in [0.2, 0.25) is 0 Å². The van der Waals surface area contributed by atoms with E-state index in [1.807, 2.05) is 18.2 Å². The SMILES string of the molecule is Cc1oc2ccccc2c1C1COc2ccccc2[C@H]1C. The van der Waals surface area contributed by atoms with Gasteiger partial charge in [0, 0.05) is 16.9 Å². The number of ether oxygens (including phenoxy) is 1. The van der Waals surface area contributed by atoms with Crippen LogP contribution in [0.5, 0.6) is 5.75 Å².